The molecule has 2 saturated carbocycles. The van der Waals surface area contributed by atoms with Gasteiger partial charge in [-0.1, -0.05) is 56.2 Å². The van der Waals surface area contributed by atoms with Crippen LogP contribution in [0.5, 0.6) is 0 Å². The highest BCUT2D eigenvalue weighted by molar-refractivity contribution is 5.21. The zero-order valence-corrected chi connectivity index (χ0v) is 18.0. The van der Waals surface area contributed by atoms with Crippen molar-refractivity contribution < 1.29 is 10.2 Å². The smallest absolute Gasteiger partial charge is 0.0780 e. The molecule has 2 N–H and O–H groups in total. The number of aliphatic hydroxyl groups is 2. The molecule has 0 bridgehead atoms. The average molecular weight is 373 g/mol. The monoisotopic (exact) mass is 372 g/mol. The summed E-state index contributed by atoms with van der Waals surface area (Å²) < 4.78 is 0. The molecule has 0 aromatic rings. The first-order chi connectivity index (χ1) is 12.6. The minimum Gasteiger partial charge on any atom is -0.393 e. The number of hydrogen-bond acceptors (Lipinski definition) is 2. The number of allylic oxidation sites excluding steroid dienone is 4. The molecule has 0 saturated heterocycles. The normalized spacial score (nSPS) is 47.3. The predicted molar refractivity (Wildman–Crippen MR) is 113 cm³/mol. The van der Waals surface area contributed by atoms with Gasteiger partial charge < -0.3 is 10.2 Å². The lowest BCUT2D eigenvalue weighted by atomic mass is 9.68. The van der Waals surface area contributed by atoms with E-state index in [2.05, 4.69) is 53.3 Å². The highest BCUT2D eigenvalue weighted by Crippen LogP contribution is 2.54. The van der Waals surface area contributed by atoms with Crippen LogP contribution >= 0.6 is 0 Å². The fraction of sp³-hybridized carbons (Fsp3) is 0.760. The van der Waals surface area contributed by atoms with Crippen molar-refractivity contribution >= 4 is 0 Å². The third kappa shape index (κ3) is 3.85. The van der Waals surface area contributed by atoms with E-state index in [0.29, 0.717) is 30.1 Å². The molecule has 0 heterocycles. The molecule has 7 atom stereocenters. The zero-order valence-electron chi connectivity index (χ0n) is 18.0. The van der Waals surface area contributed by atoms with Crippen LogP contribution in [0.25, 0.3) is 0 Å². The highest BCUT2D eigenvalue weighted by atomic mass is 16.3. The Morgan fingerprint density at radius 2 is 1.78 bits per heavy atom. The molecule has 7 unspecified atom stereocenters. The molecule has 0 aromatic heterocycles. The van der Waals surface area contributed by atoms with Gasteiger partial charge in [-0.3, -0.25) is 0 Å². The first kappa shape index (κ1) is 20.9. The molecule has 2 heteroatoms. The van der Waals surface area contributed by atoms with Gasteiger partial charge in [0.25, 0.3) is 0 Å². The lowest BCUT2D eigenvalue weighted by Gasteiger charge is -2.38. The summed E-state index contributed by atoms with van der Waals surface area (Å²) in [4.78, 5) is 0. The van der Waals surface area contributed by atoms with Crippen LogP contribution in [0.4, 0.5) is 0 Å². The Morgan fingerprint density at radius 3 is 2.44 bits per heavy atom. The number of aliphatic hydroxyl groups excluding tert-OH is 2. The van der Waals surface area contributed by atoms with Crippen molar-refractivity contribution in [1.29, 1.82) is 0 Å². The minimum absolute atomic E-state index is 0.250. The van der Waals surface area contributed by atoms with Crippen molar-refractivity contribution in [3.8, 4) is 0 Å². The van der Waals surface area contributed by atoms with Gasteiger partial charge >= 0.3 is 0 Å². The summed E-state index contributed by atoms with van der Waals surface area (Å²) in [5, 5.41) is 22.1. The van der Waals surface area contributed by atoms with Crippen LogP contribution in [0.15, 0.2) is 35.5 Å². The first-order valence-corrected chi connectivity index (χ1v) is 11.0. The average Bonchev–Trinajstić information content (AvgIpc) is 3.07. The summed E-state index contributed by atoms with van der Waals surface area (Å²) in [6.45, 7) is 15.5. The highest BCUT2D eigenvalue weighted by Gasteiger charge is 2.53. The zero-order chi connectivity index (χ0) is 19.9. The third-order valence-corrected chi connectivity index (χ3v) is 8.21. The maximum Gasteiger partial charge on any atom is 0.0780 e. The van der Waals surface area contributed by atoms with E-state index < -0.39 is 6.10 Å². The maximum atomic E-state index is 11.2. The Morgan fingerprint density at radius 1 is 1.11 bits per heavy atom. The standard InChI is InChI=1S/C25H40O2/c1-15(2)24-21-12-9-18(5)20-11-8-17(4)19(20)10-7-16(3)13-23(27)25(21,6)14-22(24)26/h9,13,15,19-24,26-27H,4,7-8,10-12,14H2,1-3,5-6H3/b16-13+,18-9+. The fourth-order valence-corrected chi connectivity index (χ4v) is 6.47. The SMILES string of the molecule is C=C1CCC2/C(C)=C/CC3C(C(C)C)C(O)CC3(C)C(O)/C=C(\C)CCC12. The molecule has 0 amide bonds. The first-order valence-electron chi connectivity index (χ1n) is 11.0. The van der Waals surface area contributed by atoms with Crippen molar-refractivity contribution in [3.63, 3.8) is 0 Å². The Bertz CT molecular complexity index is 628. The van der Waals surface area contributed by atoms with Crippen molar-refractivity contribution in [2.24, 2.45) is 35.0 Å². The summed E-state index contributed by atoms with van der Waals surface area (Å²) in [6, 6.07) is 0. The molecule has 2 fully saturated rings. The van der Waals surface area contributed by atoms with Gasteiger partial charge in [-0.15, -0.1) is 0 Å². The van der Waals surface area contributed by atoms with E-state index in [-0.39, 0.29) is 17.4 Å². The van der Waals surface area contributed by atoms with Gasteiger partial charge in [0.15, 0.2) is 0 Å². The Balaban J connectivity index is 2.00. The Hall–Kier alpha value is -0.860. The van der Waals surface area contributed by atoms with E-state index in [1.165, 1.54) is 23.1 Å². The van der Waals surface area contributed by atoms with Crippen LogP contribution in [-0.4, -0.2) is 22.4 Å². The van der Waals surface area contributed by atoms with Gasteiger partial charge in [0.2, 0.25) is 0 Å². The number of fused-ring (bicyclic) bond motifs is 2. The lowest BCUT2D eigenvalue weighted by molar-refractivity contribution is 0.0285. The Kier molecular flexibility index (Phi) is 6.08. The number of rotatable bonds is 1. The molecule has 0 aromatic carbocycles. The molecule has 0 spiro atoms. The molecule has 0 aliphatic heterocycles. The van der Waals surface area contributed by atoms with Crippen molar-refractivity contribution in [1.82, 2.24) is 0 Å². The topological polar surface area (TPSA) is 40.5 Å². The van der Waals surface area contributed by atoms with Crippen LogP contribution in [0.1, 0.15) is 73.1 Å². The molecule has 27 heavy (non-hydrogen) atoms. The van der Waals surface area contributed by atoms with E-state index in [4.69, 9.17) is 0 Å². The van der Waals surface area contributed by atoms with Crippen molar-refractivity contribution in [2.75, 3.05) is 0 Å². The molecule has 2 nitrogen and oxygen atoms in total. The molecular formula is C25H40O2. The molecular weight excluding hydrogens is 332 g/mol. The summed E-state index contributed by atoms with van der Waals surface area (Å²) in [5.74, 6) is 2.20. The van der Waals surface area contributed by atoms with Crippen LogP contribution in [0.2, 0.25) is 0 Å². The van der Waals surface area contributed by atoms with E-state index >= 15 is 0 Å². The van der Waals surface area contributed by atoms with Gasteiger partial charge in [0.05, 0.1) is 12.2 Å². The van der Waals surface area contributed by atoms with E-state index in [9.17, 15) is 10.2 Å². The molecule has 152 valence electrons. The van der Waals surface area contributed by atoms with E-state index in [1.54, 1.807) is 0 Å². The van der Waals surface area contributed by atoms with Crippen LogP contribution in [0, 0.1) is 35.0 Å². The second-order valence-corrected chi connectivity index (χ2v) is 10.3. The lowest BCUT2D eigenvalue weighted by Crippen LogP contribution is -2.37. The minimum atomic E-state index is -0.489. The molecule has 3 rings (SSSR count). The summed E-state index contributed by atoms with van der Waals surface area (Å²) >= 11 is 0. The van der Waals surface area contributed by atoms with E-state index in [0.717, 1.165) is 25.7 Å². The largest absolute Gasteiger partial charge is 0.393 e. The van der Waals surface area contributed by atoms with Crippen LogP contribution in [-0.2, 0) is 0 Å². The second-order valence-electron chi connectivity index (χ2n) is 10.3. The quantitative estimate of drug-likeness (QED) is 0.583. The fourth-order valence-electron chi connectivity index (χ4n) is 6.47. The van der Waals surface area contributed by atoms with Gasteiger partial charge in [-0.2, -0.15) is 0 Å². The van der Waals surface area contributed by atoms with Crippen molar-refractivity contribution in [2.45, 2.75) is 85.4 Å². The number of hydrogen-bond donors (Lipinski definition) is 2. The summed E-state index contributed by atoms with van der Waals surface area (Å²) in [5.41, 5.74) is 3.94. The molecule has 3 aliphatic carbocycles. The third-order valence-electron chi connectivity index (χ3n) is 8.21. The van der Waals surface area contributed by atoms with Gasteiger partial charge in [0, 0.05) is 5.41 Å². The predicted octanol–water partition coefficient (Wildman–Crippen LogP) is 5.67. The van der Waals surface area contributed by atoms with Crippen molar-refractivity contribution in [3.05, 3.63) is 35.5 Å². The summed E-state index contributed by atoms with van der Waals surface area (Å²) in [7, 11) is 0. The Labute approximate surface area is 166 Å². The maximum absolute atomic E-state index is 11.2. The molecule has 0 radical (unpaired) electrons. The second kappa shape index (κ2) is 7.87. The van der Waals surface area contributed by atoms with Gasteiger partial charge in [-0.25, -0.2) is 0 Å². The van der Waals surface area contributed by atoms with Gasteiger partial charge in [-0.05, 0) is 82.0 Å². The van der Waals surface area contributed by atoms with E-state index in [1.807, 2.05) is 0 Å². The van der Waals surface area contributed by atoms with Crippen LogP contribution in [0.3, 0.4) is 0 Å². The van der Waals surface area contributed by atoms with Crippen LogP contribution < -0.4 is 0 Å². The molecule has 3 aliphatic rings. The summed E-state index contributed by atoms with van der Waals surface area (Å²) in [6.07, 6.45) is 9.93. The van der Waals surface area contributed by atoms with Gasteiger partial charge in [0.1, 0.15) is 0 Å².